The number of sulfonamides is 1. The van der Waals surface area contributed by atoms with Gasteiger partial charge in [0.2, 0.25) is 15.9 Å². The smallest absolute Gasteiger partial charge is 0.244 e. The Morgan fingerprint density at radius 3 is 2.54 bits per heavy atom. The summed E-state index contributed by atoms with van der Waals surface area (Å²) in [4.78, 5) is 13.8. The standard InChI is InChI=1S/C21H23BrN2O3S/c1-14-5-7-16(8-6-14)19-4-3-10-24(19)28(26,27)21-13-20-17(12-18(21)22)9-11-23(20)15(2)25/h5-8,12-13,19H,3-4,9-11H2,1-2H3. The number of carbonyl (C=O) groups is 1. The molecule has 7 heteroatoms. The van der Waals surface area contributed by atoms with E-state index < -0.39 is 10.0 Å². The zero-order valence-corrected chi connectivity index (χ0v) is 18.4. The molecule has 0 bridgehead atoms. The van der Waals surface area contributed by atoms with Gasteiger partial charge in [0, 0.05) is 30.2 Å². The Bertz CT molecular complexity index is 1030. The topological polar surface area (TPSA) is 57.7 Å². The third kappa shape index (κ3) is 3.29. The number of fused-ring (bicyclic) bond motifs is 1. The van der Waals surface area contributed by atoms with E-state index in [9.17, 15) is 13.2 Å². The van der Waals surface area contributed by atoms with E-state index in [1.165, 1.54) is 6.92 Å². The van der Waals surface area contributed by atoms with E-state index in [4.69, 9.17) is 0 Å². The van der Waals surface area contributed by atoms with Gasteiger partial charge in [0.15, 0.2) is 0 Å². The van der Waals surface area contributed by atoms with Crippen molar-refractivity contribution in [1.82, 2.24) is 4.31 Å². The number of halogens is 1. The first-order valence-electron chi connectivity index (χ1n) is 9.48. The summed E-state index contributed by atoms with van der Waals surface area (Å²) in [5.74, 6) is -0.0666. The summed E-state index contributed by atoms with van der Waals surface area (Å²) in [5, 5.41) is 0. The van der Waals surface area contributed by atoms with Crippen molar-refractivity contribution in [2.45, 2.75) is 44.0 Å². The summed E-state index contributed by atoms with van der Waals surface area (Å²) in [5.41, 5.74) is 3.88. The summed E-state index contributed by atoms with van der Waals surface area (Å²) in [7, 11) is -3.70. The minimum absolute atomic E-state index is 0.0666. The number of rotatable bonds is 3. The number of aryl methyl sites for hydroxylation is 1. The third-order valence-corrected chi connectivity index (χ3v) is 8.53. The van der Waals surface area contributed by atoms with Crippen LogP contribution in [0.25, 0.3) is 0 Å². The first-order valence-corrected chi connectivity index (χ1v) is 11.7. The predicted molar refractivity (Wildman–Crippen MR) is 113 cm³/mol. The fourth-order valence-electron chi connectivity index (χ4n) is 4.19. The van der Waals surface area contributed by atoms with Crippen molar-refractivity contribution in [3.63, 3.8) is 0 Å². The molecule has 2 aromatic carbocycles. The van der Waals surface area contributed by atoms with E-state index in [1.807, 2.05) is 37.3 Å². The van der Waals surface area contributed by atoms with E-state index in [2.05, 4.69) is 15.9 Å². The molecule has 5 nitrogen and oxygen atoms in total. The third-order valence-electron chi connectivity index (χ3n) is 5.66. The Morgan fingerprint density at radius 2 is 1.86 bits per heavy atom. The first-order chi connectivity index (χ1) is 13.3. The Labute approximate surface area is 174 Å². The summed E-state index contributed by atoms with van der Waals surface area (Å²) in [6.45, 7) is 4.63. The normalized spacial score (nSPS) is 19.8. The number of anilines is 1. The molecule has 0 aromatic heterocycles. The van der Waals surface area contributed by atoms with Gasteiger partial charge in [-0.2, -0.15) is 4.31 Å². The Kier molecular flexibility index (Phi) is 5.10. The van der Waals surface area contributed by atoms with Gasteiger partial charge in [-0.15, -0.1) is 0 Å². The average Bonchev–Trinajstić information content (AvgIpc) is 3.28. The molecule has 0 saturated carbocycles. The van der Waals surface area contributed by atoms with Crippen molar-refractivity contribution in [1.29, 1.82) is 0 Å². The van der Waals surface area contributed by atoms with Crippen molar-refractivity contribution in [2.75, 3.05) is 18.0 Å². The predicted octanol–water partition coefficient (Wildman–Crippen LogP) is 4.19. The van der Waals surface area contributed by atoms with E-state index in [-0.39, 0.29) is 16.8 Å². The number of hydrogen-bond acceptors (Lipinski definition) is 3. The molecule has 4 rings (SSSR count). The van der Waals surface area contributed by atoms with Gasteiger partial charge < -0.3 is 4.90 Å². The fraction of sp³-hybridized carbons (Fsp3) is 0.381. The highest BCUT2D eigenvalue weighted by Crippen LogP contribution is 2.41. The number of hydrogen-bond donors (Lipinski definition) is 0. The second kappa shape index (κ2) is 7.28. The molecule has 0 N–H and O–H groups in total. The molecule has 1 unspecified atom stereocenters. The van der Waals surface area contributed by atoms with Crippen LogP contribution in [0.5, 0.6) is 0 Å². The Balaban J connectivity index is 1.75. The molecule has 2 heterocycles. The van der Waals surface area contributed by atoms with Gasteiger partial charge in [0.05, 0.1) is 10.9 Å². The molecule has 28 heavy (non-hydrogen) atoms. The molecule has 2 aromatic rings. The Morgan fingerprint density at radius 1 is 1.14 bits per heavy atom. The number of nitrogens with zero attached hydrogens (tertiary/aromatic N) is 2. The number of benzene rings is 2. The van der Waals surface area contributed by atoms with Gasteiger partial charge in [0.1, 0.15) is 0 Å². The molecule has 0 aliphatic carbocycles. The lowest BCUT2D eigenvalue weighted by molar-refractivity contribution is -0.116. The molecular formula is C21H23BrN2O3S. The van der Waals surface area contributed by atoms with Gasteiger partial charge in [0.25, 0.3) is 0 Å². The van der Waals surface area contributed by atoms with E-state index in [1.54, 1.807) is 15.3 Å². The first kappa shape index (κ1) is 19.6. The van der Waals surface area contributed by atoms with Crippen molar-refractivity contribution in [3.05, 3.63) is 57.6 Å². The maximum atomic E-state index is 13.6. The highest BCUT2D eigenvalue weighted by molar-refractivity contribution is 9.10. The largest absolute Gasteiger partial charge is 0.312 e. The number of amides is 1. The molecule has 148 valence electrons. The van der Waals surface area contributed by atoms with Gasteiger partial charge in [-0.05, 0) is 65.4 Å². The maximum absolute atomic E-state index is 13.6. The maximum Gasteiger partial charge on any atom is 0.244 e. The van der Waals surface area contributed by atoms with Crippen molar-refractivity contribution in [2.24, 2.45) is 0 Å². The minimum atomic E-state index is -3.70. The highest BCUT2D eigenvalue weighted by Gasteiger charge is 2.38. The second-order valence-electron chi connectivity index (χ2n) is 7.52. The minimum Gasteiger partial charge on any atom is -0.312 e. The van der Waals surface area contributed by atoms with Crippen LogP contribution < -0.4 is 4.90 Å². The Hall–Kier alpha value is -1.70. The van der Waals surface area contributed by atoms with Gasteiger partial charge in [-0.1, -0.05) is 29.8 Å². The SMILES string of the molecule is CC(=O)N1CCc2cc(Br)c(S(=O)(=O)N3CCCC3c3ccc(C)cc3)cc21. The lowest BCUT2D eigenvalue weighted by Gasteiger charge is -2.26. The van der Waals surface area contributed by atoms with Gasteiger partial charge >= 0.3 is 0 Å². The molecule has 0 radical (unpaired) electrons. The van der Waals surface area contributed by atoms with Gasteiger partial charge in [-0.25, -0.2) is 8.42 Å². The molecule has 1 fully saturated rings. The lowest BCUT2D eigenvalue weighted by atomic mass is 10.0. The number of carbonyl (C=O) groups excluding carboxylic acids is 1. The van der Waals surface area contributed by atoms with Crippen LogP contribution in [0.15, 0.2) is 45.8 Å². The zero-order valence-electron chi connectivity index (χ0n) is 16.0. The highest BCUT2D eigenvalue weighted by atomic mass is 79.9. The van der Waals surface area contributed by atoms with E-state index in [0.29, 0.717) is 23.2 Å². The van der Waals surface area contributed by atoms with Gasteiger partial charge in [-0.3, -0.25) is 4.79 Å². The average molecular weight is 463 g/mol. The zero-order chi connectivity index (χ0) is 20.1. The van der Waals surface area contributed by atoms with Crippen molar-refractivity contribution < 1.29 is 13.2 Å². The van der Waals surface area contributed by atoms with Crippen LogP contribution in [-0.2, 0) is 21.2 Å². The quantitative estimate of drug-likeness (QED) is 0.686. The van der Waals surface area contributed by atoms with Crippen LogP contribution >= 0.6 is 15.9 Å². The van der Waals surface area contributed by atoms with Crippen LogP contribution in [-0.4, -0.2) is 31.7 Å². The van der Waals surface area contributed by atoms with Crippen LogP contribution in [0.1, 0.15) is 42.5 Å². The second-order valence-corrected chi connectivity index (χ2v) is 10.2. The molecular weight excluding hydrogens is 440 g/mol. The van der Waals surface area contributed by atoms with Crippen LogP contribution in [0.3, 0.4) is 0 Å². The fourth-order valence-corrected chi connectivity index (χ4v) is 6.94. The summed E-state index contributed by atoms with van der Waals surface area (Å²) < 4.78 is 29.3. The molecule has 2 aliphatic rings. The molecule has 0 spiro atoms. The summed E-state index contributed by atoms with van der Waals surface area (Å²) in [6, 6.07) is 11.4. The molecule has 1 saturated heterocycles. The monoisotopic (exact) mass is 462 g/mol. The van der Waals surface area contributed by atoms with Crippen LogP contribution in [0, 0.1) is 6.92 Å². The van der Waals surface area contributed by atoms with E-state index >= 15 is 0 Å². The van der Waals surface area contributed by atoms with Crippen LogP contribution in [0.4, 0.5) is 5.69 Å². The van der Waals surface area contributed by atoms with E-state index in [0.717, 1.165) is 36.0 Å². The molecule has 1 atom stereocenters. The van der Waals surface area contributed by atoms with Crippen LogP contribution in [0.2, 0.25) is 0 Å². The molecule has 2 aliphatic heterocycles. The summed E-state index contributed by atoms with van der Waals surface area (Å²) >= 11 is 3.47. The molecule has 1 amide bonds. The lowest BCUT2D eigenvalue weighted by Crippen LogP contribution is -2.31. The van der Waals surface area contributed by atoms with Crippen molar-refractivity contribution in [3.8, 4) is 0 Å². The van der Waals surface area contributed by atoms with Crippen molar-refractivity contribution >= 4 is 37.5 Å². The summed E-state index contributed by atoms with van der Waals surface area (Å²) in [6.07, 6.45) is 2.38.